The highest BCUT2D eigenvalue weighted by molar-refractivity contribution is 6.11. The Hall–Kier alpha value is -3.39. The first-order valence-electron chi connectivity index (χ1n) is 6.96. The normalized spacial score (nSPS) is 11.6. The van der Waals surface area contributed by atoms with Crippen LogP contribution in [0.25, 0.3) is 22.5 Å². The molecule has 0 aliphatic heterocycles. The van der Waals surface area contributed by atoms with Crippen molar-refractivity contribution in [2.45, 2.75) is 0 Å². The topological polar surface area (TPSA) is 62.5 Å². The maximum absolute atomic E-state index is 13.5. The van der Waals surface area contributed by atoms with E-state index in [1.165, 1.54) is 12.3 Å². The molecule has 0 spiro atoms. The van der Waals surface area contributed by atoms with Crippen molar-refractivity contribution in [3.63, 3.8) is 0 Å². The minimum atomic E-state index is -0.480. The molecule has 5 heteroatoms. The van der Waals surface area contributed by atoms with Crippen LogP contribution in [-0.2, 0) is 0 Å². The molecule has 23 heavy (non-hydrogen) atoms. The molecular formula is C18H9FN4. The Morgan fingerprint density at radius 2 is 1.65 bits per heavy atom. The number of hydrogen-bond donors (Lipinski definition) is 0. The molecule has 1 aliphatic carbocycles. The lowest BCUT2D eigenvalue weighted by Gasteiger charge is -2.07. The summed E-state index contributed by atoms with van der Waals surface area (Å²) in [4.78, 5) is 12.6. The molecule has 3 aromatic rings. The van der Waals surface area contributed by atoms with E-state index in [-0.39, 0.29) is 0 Å². The number of nitrogens with zero attached hydrogens (tertiary/aromatic N) is 4. The Balaban J connectivity index is 2.09. The minimum Gasteiger partial charge on any atom is -0.261 e. The van der Waals surface area contributed by atoms with Crippen molar-refractivity contribution in [3.05, 3.63) is 77.6 Å². The minimum absolute atomic E-state index is 0.359. The molecule has 0 aromatic carbocycles. The molecule has 0 saturated heterocycles. The molecule has 108 valence electrons. The van der Waals surface area contributed by atoms with Gasteiger partial charge in [0.25, 0.3) is 0 Å². The number of fused-ring (bicyclic) bond motifs is 3. The molecule has 3 heterocycles. The fraction of sp³-hybridized carbons (Fsp3) is 0. The van der Waals surface area contributed by atoms with Gasteiger partial charge < -0.3 is 0 Å². The molecule has 0 fully saturated rings. The van der Waals surface area contributed by atoms with Gasteiger partial charge in [-0.2, -0.15) is 5.26 Å². The van der Waals surface area contributed by atoms with Gasteiger partial charge in [-0.1, -0.05) is 12.1 Å². The lowest BCUT2D eigenvalue weighted by atomic mass is 9.95. The summed E-state index contributed by atoms with van der Waals surface area (Å²) in [5, 5.41) is 9.68. The summed E-state index contributed by atoms with van der Waals surface area (Å²) in [6.45, 7) is 0. The Labute approximate surface area is 131 Å². The molecular weight excluding hydrogens is 291 g/mol. The first-order valence-corrected chi connectivity index (χ1v) is 6.96. The average molecular weight is 300 g/mol. The Bertz CT molecular complexity index is 954. The van der Waals surface area contributed by atoms with E-state index in [4.69, 9.17) is 0 Å². The summed E-state index contributed by atoms with van der Waals surface area (Å²) >= 11 is 0. The molecule has 1 aliphatic rings. The zero-order chi connectivity index (χ0) is 15.8. The third-order valence-corrected chi connectivity index (χ3v) is 3.73. The number of halogens is 1. The van der Waals surface area contributed by atoms with Crippen LogP contribution < -0.4 is 0 Å². The first kappa shape index (κ1) is 13.3. The second kappa shape index (κ2) is 5.11. The molecule has 0 radical (unpaired) electrons. The molecule has 4 nitrogen and oxygen atoms in total. The van der Waals surface area contributed by atoms with Gasteiger partial charge in [-0.3, -0.25) is 15.0 Å². The predicted octanol–water partition coefficient (Wildman–Crippen LogP) is 3.47. The SMILES string of the molecule is N#CC(=C1c2cccnc2-c2ncccc21)c1cncc(F)c1. The molecule has 0 amide bonds. The lowest BCUT2D eigenvalue weighted by molar-refractivity contribution is 0.621. The van der Waals surface area contributed by atoms with E-state index in [9.17, 15) is 9.65 Å². The zero-order valence-corrected chi connectivity index (χ0v) is 11.9. The monoisotopic (exact) mass is 300 g/mol. The van der Waals surface area contributed by atoms with Crippen LogP contribution >= 0.6 is 0 Å². The van der Waals surface area contributed by atoms with E-state index < -0.39 is 5.82 Å². The molecule has 4 rings (SSSR count). The molecule has 0 saturated carbocycles. The van der Waals surface area contributed by atoms with E-state index in [1.807, 2.05) is 24.3 Å². The second-order valence-electron chi connectivity index (χ2n) is 5.05. The smallest absolute Gasteiger partial charge is 0.142 e. The van der Waals surface area contributed by atoms with Gasteiger partial charge in [0.2, 0.25) is 0 Å². The van der Waals surface area contributed by atoms with Crippen molar-refractivity contribution in [1.82, 2.24) is 15.0 Å². The predicted molar refractivity (Wildman–Crippen MR) is 83.2 cm³/mol. The largest absolute Gasteiger partial charge is 0.261 e. The third-order valence-electron chi connectivity index (χ3n) is 3.73. The van der Waals surface area contributed by atoms with Crippen molar-refractivity contribution < 1.29 is 4.39 Å². The van der Waals surface area contributed by atoms with Crippen LogP contribution in [0.3, 0.4) is 0 Å². The van der Waals surface area contributed by atoms with Gasteiger partial charge in [-0.25, -0.2) is 4.39 Å². The second-order valence-corrected chi connectivity index (χ2v) is 5.05. The fourth-order valence-electron chi connectivity index (χ4n) is 2.82. The summed E-state index contributed by atoms with van der Waals surface area (Å²) in [6.07, 6.45) is 5.98. The maximum atomic E-state index is 13.5. The number of rotatable bonds is 1. The van der Waals surface area contributed by atoms with Gasteiger partial charge in [0.05, 0.1) is 23.2 Å². The first-order chi connectivity index (χ1) is 11.3. The zero-order valence-electron chi connectivity index (χ0n) is 11.9. The van der Waals surface area contributed by atoms with Crippen LogP contribution in [0.4, 0.5) is 4.39 Å². The van der Waals surface area contributed by atoms with E-state index in [1.54, 1.807) is 12.4 Å². The molecule has 0 atom stereocenters. The van der Waals surface area contributed by atoms with Gasteiger partial charge >= 0.3 is 0 Å². The Morgan fingerprint density at radius 3 is 2.22 bits per heavy atom. The van der Waals surface area contributed by atoms with Gasteiger partial charge in [0, 0.05) is 40.9 Å². The van der Waals surface area contributed by atoms with E-state index >= 15 is 0 Å². The van der Waals surface area contributed by atoms with Gasteiger partial charge in [0.15, 0.2) is 0 Å². The van der Waals surface area contributed by atoms with Crippen LogP contribution in [0.2, 0.25) is 0 Å². The van der Waals surface area contributed by atoms with Gasteiger partial charge in [-0.05, 0) is 18.2 Å². The average Bonchev–Trinajstić information content (AvgIpc) is 2.91. The van der Waals surface area contributed by atoms with Crippen LogP contribution in [0.15, 0.2) is 55.1 Å². The highest BCUT2D eigenvalue weighted by atomic mass is 19.1. The highest BCUT2D eigenvalue weighted by Crippen LogP contribution is 2.44. The molecule has 0 bridgehead atoms. The van der Waals surface area contributed by atoms with E-state index in [0.29, 0.717) is 16.7 Å². The number of allylic oxidation sites excluding steroid dienone is 1. The number of hydrogen-bond acceptors (Lipinski definition) is 4. The van der Waals surface area contributed by atoms with E-state index in [2.05, 4.69) is 21.0 Å². The Morgan fingerprint density at radius 1 is 1.00 bits per heavy atom. The van der Waals surface area contributed by atoms with E-state index in [0.717, 1.165) is 28.7 Å². The molecule has 0 unspecified atom stereocenters. The van der Waals surface area contributed by atoms with Crippen molar-refractivity contribution in [3.8, 4) is 17.5 Å². The Kier molecular flexibility index (Phi) is 2.95. The summed E-state index contributed by atoms with van der Waals surface area (Å²) in [6, 6.07) is 10.9. The summed E-state index contributed by atoms with van der Waals surface area (Å²) in [5.41, 5.74) is 4.62. The maximum Gasteiger partial charge on any atom is 0.142 e. The third kappa shape index (κ3) is 2.00. The van der Waals surface area contributed by atoms with Crippen LogP contribution in [0.1, 0.15) is 16.7 Å². The molecule has 0 N–H and O–H groups in total. The van der Waals surface area contributed by atoms with Crippen LogP contribution in [0, 0.1) is 17.1 Å². The van der Waals surface area contributed by atoms with Crippen LogP contribution in [-0.4, -0.2) is 15.0 Å². The fourth-order valence-corrected chi connectivity index (χ4v) is 2.82. The van der Waals surface area contributed by atoms with Crippen molar-refractivity contribution in [2.75, 3.05) is 0 Å². The summed E-state index contributed by atoms with van der Waals surface area (Å²) in [5.74, 6) is -0.480. The number of nitriles is 1. The lowest BCUT2D eigenvalue weighted by Crippen LogP contribution is -1.92. The van der Waals surface area contributed by atoms with Gasteiger partial charge in [-0.15, -0.1) is 0 Å². The number of aromatic nitrogens is 3. The highest BCUT2D eigenvalue weighted by Gasteiger charge is 2.28. The quantitative estimate of drug-likeness (QED) is 0.505. The summed E-state index contributed by atoms with van der Waals surface area (Å²) in [7, 11) is 0. The van der Waals surface area contributed by atoms with Crippen LogP contribution in [0.5, 0.6) is 0 Å². The van der Waals surface area contributed by atoms with Crippen molar-refractivity contribution in [1.29, 1.82) is 5.26 Å². The van der Waals surface area contributed by atoms with Crippen molar-refractivity contribution in [2.24, 2.45) is 0 Å². The van der Waals surface area contributed by atoms with Gasteiger partial charge in [0.1, 0.15) is 11.9 Å². The number of pyridine rings is 3. The van der Waals surface area contributed by atoms with Crippen molar-refractivity contribution >= 4 is 11.1 Å². The standard InChI is InChI=1S/C18H9FN4/c19-12-7-11(9-21-10-12)15(8-20)16-13-3-1-5-22-17(13)18-14(16)4-2-6-23-18/h1-7,9-10H. The molecule has 3 aromatic heterocycles. The summed E-state index contributed by atoms with van der Waals surface area (Å²) < 4.78 is 13.5.